The second-order valence-electron chi connectivity index (χ2n) is 2.24. The van der Waals surface area contributed by atoms with Crippen molar-refractivity contribution < 1.29 is 9.68 Å². The standard InChI is InChI=1S/C7H9BClNO2/c1-2-12-8(11)6-3-7(9)5-10-4-6/h3-5,11H,2H2,1H3. The molecule has 0 atom stereocenters. The Morgan fingerprint density at radius 2 is 2.42 bits per heavy atom. The molecule has 0 amide bonds. The summed E-state index contributed by atoms with van der Waals surface area (Å²) in [7, 11) is -0.929. The van der Waals surface area contributed by atoms with Crippen molar-refractivity contribution in [3.8, 4) is 0 Å². The predicted octanol–water partition coefficient (Wildman–Crippen LogP) is 0.459. The molecule has 1 aromatic rings. The van der Waals surface area contributed by atoms with E-state index in [4.69, 9.17) is 16.3 Å². The summed E-state index contributed by atoms with van der Waals surface area (Å²) >= 11 is 5.66. The van der Waals surface area contributed by atoms with E-state index in [1.54, 1.807) is 13.0 Å². The molecule has 0 saturated heterocycles. The van der Waals surface area contributed by atoms with Gasteiger partial charge in [0.2, 0.25) is 0 Å². The molecule has 0 bridgehead atoms. The Morgan fingerprint density at radius 3 is 3.00 bits per heavy atom. The van der Waals surface area contributed by atoms with Gasteiger partial charge in [-0.3, -0.25) is 4.98 Å². The largest absolute Gasteiger partial charge is 0.492 e. The summed E-state index contributed by atoms with van der Waals surface area (Å²) in [4.78, 5) is 3.82. The first-order valence-electron chi connectivity index (χ1n) is 3.64. The number of hydrogen-bond acceptors (Lipinski definition) is 3. The minimum atomic E-state index is -0.929. The highest BCUT2D eigenvalue weighted by Gasteiger charge is 2.15. The van der Waals surface area contributed by atoms with E-state index in [0.717, 1.165) is 0 Å². The van der Waals surface area contributed by atoms with E-state index in [2.05, 4.69) is 4.98 Å². The Hall–Kier alpha value is -0.575. The predicted molar refractivity (Wildman–Crippen MR) is 48.5 cm³/mol. The van der Waals surface area contributed by atoms with Crippen molar-refractivity contribution >= 4 is 24.2 Å². The van der Waals surface area contributed by atoms with Gasteiger partial charge in [-0.15, -0.1) is 0 Å². The Bertz CT molecular complexity index is 259. The van der Waals surface area contributed by atoms with E-state index < -0.39 is 7.12 Å². The van der Waals surface area contributed by atoms with Crippen LogP contribution in [-0.4, -0.2) is 23.7 Å². The molecular formula is C7H9BClNO2. The zero-order chi connectivity index (χ0) is 8.97. The number of hydrogen-bond donors (Lipinski definition) is 1. The van der Waals surface area contributed by atoms with Gasteiger partial charge < -0.3 is 9.68 Å². The van der Waals surface area contributed by atoms with Crippen molar-refractivity contribution in [2.75, 3.05) is 6.61 Å². The molecule has 0 unspecified atom stereocenters. The highest BCUT2D eigenvalue weighted by molar-refractivity contribution is 6.60. The van der Waals surface area contributed by atoms with Crippen LogP contribution in [0, 0.1) is 0 Å². The summed E-state index contributed by atoms with van der Waals surface area (Å²) in [5.41, 5.74) is 0.573. The van der Waals surface area contributed by atoms with Crippen LogP contribution in [0.4, 0.5) is 0 Å². The molecule has 0 aromatic carbocycles. The maximum absolute atomic E-state index is 9.32. The van der Waals surface area contributed by atoms with E-state index in [9.17, 15) is 5.02 Å². The van der Waals surface area contributed by atoms with E-state index in [0.29, 0.717) is 17.1 Å². The van der Waals surface area contributed by atoms with Crippen LogP contribution in [0.3, 0.4) is 0 Å². The van der Waals surface area contributed by atoms with Gasteiger partial charge in [0.15, 0.2) is 0 Å². The van der Waals surface area contributed by atoms with Crippen LogP contribution in [-0.2, 0) is 4.65 Å². The van der Waals surface area contributed by atoms with Gasteiger partial charge >= 0.3 is 7.12 Å². The molecule has 0 aliphatic carbocycles. The zero-order valence-corrected chi connectivity index (χ0v) is 7.45. The average Bonchev–Trinajstić information content (AvgIpc) is 2.05. The molecule has 1 aromatic heterocycles. The Morgan fingerprint density at radius 1 is 1.67 bits per heavy atom. The second kappa shape index (κ2) is 4.45. The number of nitrogens with zero attached hydrogens (tertiary/aromatic N) is 1. The summed E-state index contributed by atoms with van der Waals surface area (Å²) in [6.45, 7) is 2.26. The SMILES string of the molecule is CCOB(O)c1cncc(Cl)c1. The molecule has 0 fully saturated rings. The third kappa shape index (κ3) is 2.48. The van der Waals surface area contributed by atoms with Gasteiger partial charge in [-0.25, -0.2) is 0 Å². The van der Waals surface area contributed by atoms with Gasteiger partial charge in [0.05, 0.1) is 5.02 Å². The molecule has 0 aliphatic rings. The highest BCUT2D eigenvalue weighted by atomic mass is 35.5. The lowest BCUT2D eigenvalue weighted by molar-refractivity contribution is 0.287. The fourth-order valence-electron chi connectivity index (χ4n) is 0.817. The van der Waals surface area contributed by atoms with Crippen molar-refractivity contribution in [1.29, 1.82) is 0 Å². The van der Waals surface area contributed by atoms with Crippen LogP contribution in [0.15, 0.2) is 18.5 Å². The van der Waals surface area contributed by atoms with Gasteiger partial charge in [0.25, 0.3) is 0 Å². The second-order valence-corrected chi connectivity index (χ2v) is 2.68. The first-order valence-corrected chi connectivity index (χ1v) is 4.02. The fourth-order valence-corrected chi connectivity index (χ4v) is 1.000. The lowest BCUT2D eigenvalue weighted by atomic mass is 9.81. The zero-order valence-electron chi connectivity index (χ0n) is 6.70. The van der Waals surface area contributed by atoms with Crippen molar-refractivity contribution in [1.82, 2.24) is 4.98 Å². The van der Waals surface area contributed by atoms with Crippen LogP contribution in [0.25, 0.3) is 0 Å². The van der Waals surface area contributed by atoms with Gasteiger partial charge in [0, 0.05) is 24.5 Å². The lowest BCUT2D eigenvalue weighted by Crippen LogP contribution is -2.33. The normalized spacial score (nSPS) is 9.92. The van der Waals surface area contributed by atoms with Crippen LogP contribution >= 0.6 is 11.6 Å². The summed E-state index contributed by atoms with van der Waals surface area (Å²) in [5, 5.41) is 9.82. The quantitative estimate of drug-likeness (QED) is 0.696. The molecular weight excluding hydrogens is 176 g/mol. The first-order chi connectivity index (χ1) is 5.74. The number of pyridine rings is 1. The van der Waals surface area contributed by atoms with Crippen LogP contribution in [0.1, 0.15) is 6.92 Å². The molecule has 0 saturated carbocycles. The minimum absolute atomic E-state index is 0.452. The van der Waals surface area contributed by atoms with E-state index >= 15 is 0 Å². The molecule has 0 spiro atoms. The molecule has 1 rings (SSSR count). The molecule has 0 aliphatic heterocycles. The topological polar surface area (TPSA) is 42.4 Å². The average molecular weight is 185 g/mol. The maximum atomic E-state index is 9.32. The Balaban J connectivity index is 2.73. The van der Waals surface area contributed by atoms with Gasteiger partial charge in [0.1, 0.15) is 0 Å². The van der Waals surface area contributed by atoms with Crippen molar-refractivity contribution in [2.45, 2.75) is 6.92 Å². The van der Waals surface area contributed by atoms with Gasteiger partial charge in [-0.05, 0) is 13.0 Å². The molecule has 1 heterocycles. The number of rotatable bonds is 3. The third-order valence-corrected chi connectivity index (χ3v) is 1.54. The van der Waals surface area contributed by atoms with Crippen LogP contribution < -0.4 is 5.46 Å². The van der Waals surface area contributed by atoms with E-state index in [-0.39, 0.29) is 0 Å². The smallest absolute Gasteiger partial charge is 0.423 e. The minimum Gasteiger partial charge on any atom is -0.423 e. The fraction of sp³-hybridized carbons (Fsp3) is 0.286. The van der Waals surface area contributed by atoms with Gasteiger partial charge in [-0.1, -0.05) is 11.6 Å². The summed E-state index contributed by atoms with van der Waals surface area (Å²) in [6, 6.07) is 1.62. The van der Waals surface area contributed by atoms with Crippen LogP contribution in [0.2, 0.25) is 5.02 Å². The summed E-state index contributed by atoms with van der Waals surface area (Å²) in [5.74, 6) is 0. The van der Waals surface area contributed by atoms with Gasteiger partial charge in [-0.2, -0.15) is 0 Å². The van der Waals surface area contributed by atoms with Crippen molar-refractivity contribution in [3.63, 3.8) is 0 Å². The summed E-state index contributed by atoms with van der Waals surface area (Å²) in [6.07, 6.45) is 3.02. The number of aromatic nitrogens is 1. The summed E-state index contributed by atoms with van der Waals surface area (Å²) < 4.78 is 4.94. The number of halogens is 1. The molecule has 5 heteroatoms. The Labute approximate surface area is 76.5 Å². The third-order valence-electron chi connectivity index (χ3n) is 1.34. The molecule has 3 nitrogen and oxygen atoms in total. The molecule has 1 N–H and O–H groups in total. The molecule has 0 radical (unpaired) electrons. The maximum Gasteiger partial charge on any atom is 0.492 e. The van der Waals surface area contributed by atoms with E-state index in [1.165, 1.54) is 12.4 Å². The Kier molecular flexibility index (Phi) is 3.53. The van der Waals surface area contributed by atoms with Crippen molar-refractivity contribution in [3.05, 3.63) is 23.5 Å². The highest BCUT2D eigenvalue weighted by Crippen LogP contribution is 2.01. The molecule has 64 valence electrons. The lowest BCUT2D eigenvalue weighted by Gasteiger charge is -2.04. The van der Waals surface area contributed by atoms with E-state index in [1.807, 2.05) is 0 Å². The van der Waals surface area contributed by atoms with Crippen LogP contribution in [0.5, 0.6) is 0 Å². The monoisotopic (exact) mass is 185 g/mol. The van der Waals surface area contributed by atoms with Crippen molar-refractivity contribution in [2.24, 2.45) is 0 Å². The first kappa shape index (κ1) is 9.51. The molecule has 12 heavy (non-hydrogen) atoms.